The predicted octanol–water partition coefficient (Wildman–Crippen LogP) is 4.62. The summed E-state index contributed by atoms with van der Waals surface area (Å²) >= 11 is 3.04. The van der Waals surface area contributed by atoms with Gasteiger partial charge in [0.25, 0.3) is 5.56 Å². The number of hydrogen-bond acceptors (Lipinski definition) is 4. The fourth-order valence-electron chi connectivity index (χ4n) is 2.89. The highest BCUT2D eigenvalue weighted by Crippen LogP contribution is 2.31. The Balaban J connectivity index is 1.76. The number of aromatic nitrogens is 2. The molecule has 0 spiro atoms. The van der Waals surface area contributed by atoms with E-state index < -0.39 is 0 Å². The molecule has 0 bridgehead atoms. The summed E-state index contributed by atoms with van der Waals surface area (Å²) in [6, 6.07) is 14.4. The Hall–Kier alpha value is -2.05. The molecule has 0 N–H and O–H groups in total. The molecule has 0 atom stereocenters. The number of rotatable bonds is 4. The van der Waals surface area contributed by atoms with Crippen molar-refractivity contribution < 1.29 is 4.39 Å². The fourth-order valence-corrected chi connectivity index (χ4v) is 4.88. The minimum absolute atomic E-state index is 0.0110. The van der Waals surface area contributed by atoms with E-state index in [-0.39, 0.29) is 11.4 Å². The summed E-state index contributed by atoms with van der Waals surface area (Å²) in [5, 5.41) is 0.657. The van der Waals surface area contributed by atoms with Gasteiger partial charge in [0.1, 0.15) is 5.82 Å². The molecule has 0 aliphatic carbocycles. The Kier molecular flexibility index (Phi) is 4.87. The number of fused-ring (bicyclic) bond motifs is 1. The van der Waals surface area contributed by atoms with E-state index in [9.17, 15) is 9.18 Å². The third-order valence-electron chi connectivity index (χ3n) is 4.22. The highest BCUT2D eigenvalue weighted by Gasteiger charge is 2.22. The van der Waals surface area contributed by atoms with Crippen LogP contribution in [0.25, 0.3) is 5.69 Å². The highest BCUT2D eigenvalue weighted by atomic mass is 32.2. The Labute approximate surface area is 159 Å². The van der Waals surface area contributed by atoms with Gasteiger partial charge in [-0.15, -0.1) is 11.8 Å². The minimum atomic E-state index is -0.252. The third-order valence-corrected chi connectivity index (χ3v) is 6.33. The summed E-state index contributed by atoms with van der Waals surface area (Å²) < 4.78 is 15.1. The van der Waals surface area contributed by atoms with Crippen LogP contribution in [0.3, 0.4) is 0 Å². The first-order valence-corrected chi connectivity index (χ1v) is 10.3. The molecule has 0 unspecified atom stereocenters. The average Bonchev–Trinajstić information content (AvgIpc) is 3.10. The minimum Gasteiger partial charge on any atom is -0.268 e. The summed E-state index contributed by atoms with van der Waals surface area (Å²) in [6.45, 7) is 2.02. The predicted molar refractivity (Wildman–Crippen MR) is 105 cm³/mol. The molecule has 0 radical (unpaired) electrons. The van der Waals surface area contributed by atoms with Crippen molar-refractivity contribution in [3.05, 3.63) is 81.5 Å². The molecule has 26 heavy (non-hydrogen) atoms. The van der Waals surface area contributed by atoms with Crippen molar-refractivity contribution in [1.29, 1.82) is 0 Å². The zero-order chi connectivity index (χ0) is 18.1. The van der Waals surface area contributed by atoms with Crippen LogP contribution in [0, 0.1) is 12.7 Å². The van der Waals surface area contributed by atoms with Crippen molar-refractivity contribution in [2.45, 2.75) is 29.1 Å². The molecule has 1 aliphatic rings. The number of hydrogen-bond donors (Lipinski definition) is 0. The Morgan fingerprint density at radius 2 is 2.04 bits per heavy atom. The summed E-state index contributed by atoms with van der Waals surface area (Å²) in [4.78, 5) is 18.6. The zero-order valence-electron chi connectivity index (χ0n) is 14.2. The van der Waals surface area contributed by atoms with E-state index in [0.717, 1.165) is 39.6 Å². The summed E-state index contributed by atoms with van der Waals surface area (Å²) in [7, 11) is 0. The largest absolute Gasteiger partial charge is 0.272 e. The molecule has 2 heterocycles. The SMILES string of the molecule is Cc1ccc(-n2c(SCc3cccc(F)c3)nc3c(c2=O)SCC3)cc1. The molecule has 1 aliphatic heterocycles. The van der Waals surface area contributed by atoms with Gasteiger partial charge in [0, 0.05) is 17.9 Å². The van der Waals surface area contributed by atoms with Gasteiger partial charge >= 0.3 is 0 Å². The van der Waals surface area contributed by atoms with Crippen molar-refractivity contribution in [3.63, 3.8) is 0 Å². The van der Waals surface area contributed by atoms with Crippen molar-refractivity contribution in [2.24, 2.45) is 0 Å². The van der Waals surface area contributed by atoms with Gasteiger partial charge in [-0.25, -0.2) is 9.37 Å². The van der Waals surface area contributed by atoms with Gasteiger partial charge in [0.15, 0.2) is 5.16 Å². The molecular weight excluding hydrogens is 367 g/mol. The second-order valence-electron chi connectivity index (χ2n) is 6.16. The number of halogens is 1. The van der Waals surface area contributed by atoms with E-state index in [2.05, 4.69) is 0 Å². The maximum atomic E-state index is 13.4. The van der Waals surface area contributed by atoms with Crippen LogP contribution < -0.4 is 5.56 Å². The second kappa shape index (κ2) is 7.29. The van der Waals surface area contributed by atoms with Gasteiger partial charge in [-0.05, 0) is 36.8 Å². The van der Waals surface area contributed by atoms with Gasteiger partial charge in [-0.1, -0.05) is 41.6 Å². The monoisotopic (exact) mass is 384 g/mol. The van der Waals surface area contributed by atoms with Crippen molar-refractivity contribution >= 4 is 23.5 Å². The van der Waals surface area contributed by atoms with Gasteiger partial charge in [-0.3, -0.25) is 9.36 Å². The van der Waals surface area contributed by atoms with Crippen molar-refractivity contribution in [1.82, 2.24) is 9.55 Å². The van der Waals surface area contributed by atoms with Crippen molar-refractivity contribution in [3.8, 4) is 5.69 Å². The van der Waals surface area contributed by atoms with Crippen LogP contribution in [0.2, 0.25) is 0 Å². The van der Waals surface area contributed by atoms with E-state index in [0.29, 0.717) is 10.9 Å². The third kappa shape index (κ3) is 3.44. The molecule has 0 amide bonds. The topological polar surface area (TPSA) is 34.9 Å². The first-order valence-electron chi connectivity index (χ1n) is 8.35. The number of aryl methyl sites for hydroxylation is 2. The van der Waals surface area contributed by atoms with Gasteiger partial charge in [0.2, 0.25) is 0 Å². The van der Waals surface area contributed by atoms with Crippen LogP contribution in [0.1, 0.15) is 16.8 Å². The van der Waals surface area contributed by atoms with E-state index in [1.807, 2.05) is 37.3 Å². The average molecular weight is 385 g/mol. The molecule has 0 fully saturated rings. The van der Waals surface area contributed by atoms with Crippen LogP contribution in [-0.4, -0.2) is 15.3 Å². The maximum Gasteiger partial charge on any atom is 0.272 e. The van der Waals surface area contributed by atoms with E-state index in [1.54, 1.807) is 22.4 Å². The van der Waals surface area contributed by atoms with Crippen molar-refractivity contribution in [2.75, 3.05) is 5.75 Å². The molecule has 3 aromatic rings. The highest BCUT2D eigenvalue weighted by molar-refractivity contribution is 7.99. The quantitative estimate of drug-likeness (QED) is 0.486. The van der Waals surface area contributed by atoms with Crippen LogP contribution in [-0.2, 0) is 12.2 Å². The first-order chi connectivity index (χ1) is 12.6. The van der Waals surface area contributed by atoms with E-state index in [4.69, 9.17) is 4.98 Å². The van der Waals surface area contributed by atoms with Crippen LogP contribution in [0.4, 0.5) is 4.39 Å². The Morgan fingerprint density at radius 3 is 2.81 bits per heavy atom. The van der Waals surface area contributed by atoms with E-state index in [1.165, 1.54) is 23.9 Å². The molecule has 0 saturated heterocycles. The Morgan fingerprint density at radius 1 is 1.23 bits per heavy atom. The molecule has 6 heteroatoms. The lowest BCUT2D eigenvalue weighted by Gasteiger charge is -2.14. The summed E-state index contributed by atoms with van der Waals surface area (Å²) in [5.74, 6) is 1.20. The number of benzene rings is 2. The smallest absolute Gasteiger partial charge is 0.268 e. The summed E-state index contributed by atoms with van der Waals surface area (Å²) in [6.07, 6.45) is 0.817. The van der Waals surface area contributed by atoms with Crippen LogP contribution >= 0.6 is 23.5 Å². The molecular formula is C20H17FN2OS2. The van der Waals surface area contributed by atoms with Gasteiger partial charge in [-0.2, -0.15) is 0 Å². The Bertz CT molecular complexity index is 1020. The molecule has 4 rings (SSSR count). The maximum absolute atomic E-state index is 13.4. The molecule has 0 saturated carbocycles. The number of nitrogens with zero attached hydrogens (tertiary/aromatic N) is 2. The standard InChI is InChI=1S/C20H17FN2OS2/c1-13-5-7-16(8-6-13)23-19(24)18-17(9-10-25-18)22-20(23)26-12-14-3-2-4-15(21)11-14/h2-8,11H,9-10,12H2,1H3. The number of thioether (sulfide) groups is 2. The van der Waals surface area contributed by atoms with E-state index >= 15 is 0 Å². The van der Waals surface area contributed by atoms with Gasteiger partial charge in [0.05, 0.1) is 16.3 Å². The zero-order valence-corrected chi connectivity index (χ0v) is 15.9. The normalized spacial score (nSPS) is 13.0. The second-order valence-corrected chi connectivity index (χ2v) is 8.21. The van der Waals surface area contributed by atoms with Crippen LogP contribution in [0.5, 0.6) is 0 Å². The lowest BCUT2D eigenvalue weighted by molar-refractivity contribution is 0.626. The molecule has 132 valence electrons. The molecule has 3 nitrogen and oxygen atoms in total. The first kappa shape index (κ1) is 17.4. The fraction of sp³-hybridized carbons (Fsp3) is 0.200. The molecule has 2 aromatic carbocycles. The lowest BCUT2D eigenvalue weighted by Crippen LogP contribution is -2.23. The van der Waals surface area contributed by atoms with Crippen LogP contribution in [0.15, 0.2) is 63.4 Å². The lowest BCUT2D eigenvalue weighted by atomic mass is 10.2. The van der Waals surface area contributed by atoms with Gasteiger partial charge < -0.3 is 0 Å². The summed E-state index contributed by atoms with van der Waals surface area (Å²) in [5.41, 5.74) is 3.69. The molecule has 1 aromatic heterocycles.